The zero-order valence-corrected chi connectivity index (χ0v) is 12.7. The van der Waals surface area contributed by atoms with Crippen molar-refractivity contribution in [3.63, 3.8) is 0 Å². The standard InChI is InChI=1S/C17H15ClN2O/c1-11-9-12-7-8-13(21-2)10-15(12)17(20-19-11)14-5-3-4-6-16(14)18/h3-8,10H,9H2,1-2H3. The molecule has 1 aliphatic heterocycles. The van der Waals surface area contributed by atoms with Gasteiger partial charge in [-0.1, -0.05) is 35.9 Å². The van der Waals surface area contributed by atoms with Crippen LogP contribution < -0.4 is 4.74 Å². The van der Waals surface area contributed by atoms with Crippen molar-refractivity contribution >= 4 is 23.0 Å². The van der Waals surface area contributed by atoms with Crippen molar-refractivity contribution in [1.82, 2.24) is 0 Å². The maximum absolute atomic E-state index is 6.33. The van der Waals surface area contributed by atoms with Crippen molar-refractivity contribution in [3.8, 4) is 5.75 Å². The van der Waals surface area contributed by atoms with Gasteiger partial charge < -0.3 is 4.74 Å². The van der Waals surface area contributed by atoms with Gasteiger partial charge in [-0.3, -0.25) is 0 Å². The summed E-state index contributed by atoms with van der Waals surface area (Å²) in [6.07, 6.45) is 0.775. The predicted octanol–water partition coefficient (Wildman–Crippen LogP) is 4.12. The Hall–Kier alpha value is -2.13. The second-order valence-corrected chi connectivity index (χ2v) is 5.37. The molecule has 1 heterocycles. The SMILES string of the molecule is COc1ccc2c(c1)C(c1ccccc1Cl)=NN=C(C)C2. The third kappa shape index (κ3) is 2.69. The summed E-state index contributed by atoms with van der Waals surface area (Å²) in [5, 5.41) is 9.38. The van der Waals surface area contributed by atoms with Gasteiger partial charge in [-0.05, 0) is 30.7 Å². The summed E-state index contributed by atoms with van der Waals surface area (Å²) in [5.41, 5.74) is 4.83. The third-order valence-electron chi connectivity index (χ3n) is 3.47. The summed E-state index contributed by atoms with van der Waals surface area (Å²) in [5.74, 6) is 0.799. The third-order valence-corrected chi connectivity index (χ3v) is 3.80. The van der Waals surface area contributed by atoms with E-state index in [9.17, 15) is 0 Å². The first-order valence-corrected chi connectivity index (χ1v) is 7.10. The van der Waals surface area contributed by atoms with Gasteiger partial charge >= 0.3 is 0 Å². The molecule has 3 nitrogen and oxygen atoms in total. The molecule has 0 fully saturated rings. The lowest BCUT2D eigenvalue weighted by Crippen LogP contribution is -2.07. The van der Waals surface area contributed by atoms with Crippen LogP contribution in [0.5, 0.6) is 5.75 Å². The summed E-state index contributed by atoms with van der Waals surface area (Å²) >= 11 is 6.33. The van der Waals surface area contributed by atoms with Gasteiger partial charge in [-0.25, -0.2) is 0 Å². The molecule has 0 unspecified atom stereocenters. The van der Waals surface area contributed by atoms with Crippen LogP contribution in [-0.2, 0) is 6.42 Å². The number of fused-ring (bicyclic) bond motifs is 1. The average molecular weight is 299 g/mol. The molecule has 0 saturated heterocycles. The second-order valence-electron chi connectivity index (χ2n) is 4.96. The molecule has 0 N–H and O–H groups in total. The normalized spacial score (nSPS) is 13.9. The van der Waals surface area contributed by atoms with E-state index in [0.717, 1.165) is 34.7 Å². The summed E-state index contributed by atoms with van der Waals surface area (Å²) in [4.78, 5) is 0. The molecule has 4 heteroatoms. The van der Waals surface area contributed by atoms with Crippen LogP contribution in [0.2, 0.25) is 5.02 Å². The van der Waals surface area contributed by atoms with Crippen LogP contribution in [0.3, 0.4) is 0 Å². The van der Waals surface area contributed by atoms with E-state index in [4.69, 9.17) is 16.3 Å². The van der Waals surface area contributed by atoms with Gasteiger partial charge in [-0.15, -0.1) is 5.10 Å². The van der Waals surface area contributed by atoms with Gasteiger partial charge in [0.25, 0.3) is 0 Å². The smallest absolute Gasteiger partial charge is 0.119 e. The zero-order valence-electron chi connectivity index (χ0n) is 11.9. The molecule has 2 aromatic carbocycles. The number of methoxy groups -OCH3 is 1. The first-order valence-electron chi connectivity index (χ1n) is 6.72. The molecule has 21 heavy (non-hydrogen) atoms. The highest BCUT2D eigenvalue weighted by molar-refractivity contribution is 6.35. The van der Waals surface area contributed by atoms with Crippen LogP contribution in [0.4, 0.5) is 0 Å². The van der Waals surface area contributed by atoms with Crippen molar-refractivity contribution < 1.29 is 4.74 Å². The Morgan fingerprint density at radius 2 is 1.86 bits per heavy atom. The number of rotatable bonds is 2. The van der Waals surface area contributed by atoms with E-state index in [-0.39, 0.29) is 0 Å². The Morgan fingerprint density at radius 3 is 2.62 bits per heavy atom. The maximum atomic E-state index is 6.33. The van der Waals surface area contributed by atoms with Crippen LogP contribution in [0, 0.1) is 0 Å². The zero-order chi connectivity index (χ0) is 14.8. The van der Waals surface area contributed by atoms with Gasteiger partial charge in [0.15, 0.2) is 0 Å². The molecular formula is C17H15ClN2O. The number of hydrogen-bond donors (Lipinski definition) is 0. The highest BCUT2D eigenvalue weighted by Crippen LogP contribution is 2.27. The molecular weight excluding hydrogens is 284 g/mol. The van der Waals surface area contributed by atoms with Gasteiger partial charge in [0.2, 0.25) is 0 Å². The Balaban J connectivity index is 2.23. The molecule has 3 rings (SSSR count). The van der Waals surface area contributed by atoms with E-state index in [1.807, 2.05) is 43.3 Å². The predicted molar refractivity (Wildman–Crippen MR) is 86.9 cm³/mol. The summed E-state index contributed by atoms with van der Waals surface area (Å²) in [6.45, 7) is 1.98. The van der Waals surface area contributed by atoms with Crippen LogP contribution >= 0.6 is 11.6 Å². The number of ether oxygens (including phenoxy) is 1. The van der Waals surface area contributed by atoms with Crippen molar-refractivity contribution in [2.75, 3.05) is 7.11 Å². The van der Waals surface area contributed by atoms with Crippen molar-refractivity contribution in [2.45, 2.75) is 13.3 Å². The molecule has 0 amide bonds. The fourth-order valence-corrected chi connectivity index (χ4v) is 2.63. The summed E-state index contributed by atoms with van der Waals surface area (Å²) < 4.78 is 5.34. The van der Waals surface area contributed by atoms with Crippen molar-refractivity contribution in [2.24, 2.45) is 10.2 Å². The Morgan fingerprint density at radius 1 is 1.05 bits per heavy atom. The quantitative estimate of drug-likeness (QED) is 0.821. The average Bonchev–Trinajstić information content (AvgIpc) is 2.65. The van der Waals surface area contributed by atoms with Crippen molar-refractivity contribution in [3.05, 3.63) is 64.2 Å². The van der Waals surface area contributed by atoms with Crippen LogP contribution in [0.1, 0.15) is 23.6 Å². The molecule has 0 aliphatic carbocycles. The van der Waals surface area contributed by atoms with E-state index < -0.39 is 0 Å². The first kappa shape index (κ1) is 13.8. The fourth-order valence-electron chi connectivity index (χ4n) is 2.41. The number of nitrogens with zero attached hydrogens (tertiary/aromatic N) is 2. The Kier molecular flexibility index (Phi) is 3.76. The maximum Gasteiger partial charge on any atom is 0.119 e. The molecule has 0 atom stereocenters. The first-order chi connectivity index (χ1) is 10.2. The molecule has 0 saturated carbocycles. The van der Waals surface area contributed by atoms with Crippen LogP contribution in [-0.4, -0.2) is 18.5 Å². The lowest BCUT2D eigenvalue weighted by Gasteiger charge is -2.12. The highest BCUT2D eigenvalue weighted by atomic mass is 35.5. The minimum Gasteiger partial charge on any atom is -0.497 e. The monoisotopic (exact) mass is 298 g/mol. The lowest BCUT2D eigenvalue weighted by atomic mass is 9.95. The highest BCUT2D eigenvalue weighted by Gasteiger charge is 2.18. The van der Waals surface area contributed by atoms with Gasteiger partial charge in [-0.2, -0.15) is 5.10 Å². The minimum absolute atomic E-state index is 0.666. The van der Waals surface area contributed by atoms with E-state index in [1.54, 1.807) is 7.11 Å². The number of hydrogen-bond acceptors (Lipinski definition) is 3. The van der Waals surface area contributed by atoms with E-state index >= 15 is 0 Å². The summed E-state index contributed by atoms with van der Waals surface area (Å²) in [6, 6.07) is 13.7. The van der Waals surface area contributed by atoms with E-state index in [0.29, 0.717) is 5.02 Å². The molecule has 0 aromatic heterocycles. The lowest BCUT2D eigenvalue weighted by molar-refractivity contribution is 0.414. The molecule has 106 valence electrons. The van der Waals surface area contributed by atoms with Crippen molar-refractivity contribution in [1.29, 1.82) is 0 Å². The van der Waals surface area contributed by atoms with Gasteiger partial charge in [0.05, 0.1) is 12.1 Å². The molecule has 0 spiro atoms. The number of benzene rings is 2. The fraction of sp³-hybridized carbons (Fsp3) is 0.176. The minimum atomic E-state index is 0.666. The number of halogens is 1. The van der Waals surface area contributed by atoms with Crippen LogP contribution in [0.15, 0.2) is 52.7 Å². The van der Waals surface area contributed by atoms with Gasteiger partial charge in [0, 0.05) is 23.3 Å². The second kappa shape index (κ2) is 5.70. The molecule has 2 aromatic rings. The summed E-state index contributed by atoms with van der Waals surface area (Å²) in [7, 11) is 1.66. The largest absolute Gasteiger partial charge is 0.497 e. The van der Waals surface area contributed by atoms with Gasteiger partial charge in [0.1, 0.15) is 11.5 Å². The topological polar surface area (TPSA) is 34.0 Å². The molecule has 0 radical (unpaired) electrons. The Bertz CT molecular complexity index is 750. The van der Waals surface area contributed by atoms with E-state index in [1.165, 1.54) is 5.56 Å². The molecule has 1 aliphatic rings. The van der Waals surface area contributed by atoms with Crippen LogP contribution in [0.25, 0.3) is 0 Å². The molecule has 0 bridgehead atoms. The Labute approximate surface area is 128 Å². The van der Waals surface area contributed by atoms with E-state index in [2.05, 4.69) is 16.3 Å².